The highest BCUT2D eigenvalue weighted by Crippen LogP contribution is 2.40. The second-order valence-corrected chi connectivity index (χ2v) is 7.04. The summed E-state index contributed by atoms with van der Waals surface area (Å²) in [6.45, 7) is 4.14. The summed E-state index contributed by atoms with van der Waals surface area (Å²) in [4.78, 5) is 20.8. The normalized spacial score (nSPS) is 21.8. The Morgan fingerprint density at radius 3 is 2.97 bits per heavy atom. The molecule has 1 aromatic carbocycles. The quantitative estimate of drug-likeness (QED) is 0.643. The van der Waals surface area contributed by atoms with E-state index in [2.05, 4.69) is 14.9 Å². The van der Waals surface area contributed by atoms with Crippen molar-refractivity contribution in [1.82, 2.24) is 14.6 Å². The van der Waals surface area contributed by atoms with E-state index in [1.54, 1.807) is 0 Å². The number of halogens is 2. The SMILES string of the molecule is [2H]C1([2H])OC(C)(C)C(=O)N(c2cc(-c3c(F)c(Cl)c4c(N)ncnn34)ccc2[N+]#[C-])C1([2H])[2H]. The third-order valence-corrected chi connectivity index (χ3v) is 4.78. The number of anilines is 2. The van der Waals surface area contributed by atoms with Gasteiger partial charge in [0.05, 0.1) is 24.3 Å². The molecule has 29 heavy (non-hydrogen) atoms. The number of nitrogens with zero attached hydrogens (tertiary/aromatic N) is 5. The molecule has 0 spiro atoms. The number of nitrogen functional groups attached to an aromatic ring is 1. The molecule has 10 heteroatoms. The highest BCUT2D eigenvalue weighted by Gasteiger charge is 2.38. The predicted octanol–water partition coefficient (Wildman–Crippen LogP) is 3.46. The Morgan fingerprint density at radius 2 is 2.24 bits per heavy atom. The zero-order chi connectivity index (χ0) is 24.5. The molecule has 4 rings (SSSR count). The molecule has 1 aliphatic rings. The molecule has 3 heterocycles. The molecule has 0 saturated carbocycles. The smallest absolute Gasteiger partial charge is 0.257 e. The van der Waals surface area contributed by atoms with Crippen molar-refractivity contribution in [2.75, 3.05) is 23.7 Å². The van der Waals surface area contributed by atoms with Crippen LogP contribution in [-0.2, 0) is 9.53 Å². The van der Waals surface area contributed by atoms with E-state index in [4.69, 9.17) is 34.1 Å². The third-order valence-electron chi connectivity index (χ3n) is 4.43. The van der Waals surface area contributed by atoms with E-state index >= 15 is 4.39 Å². The molecule has 148 valence electrons. The average molecular weight is 419 g/mol. The third kappa shape index (κ3) is 2.88. The number of benzene rings is 1. The lowest BCUT2D eigenvalue weighted by Gasteiger charge is -2.37. The summed E-state index contributed by atoms with van der Waals surface area (Å²) in [6, 6.07) is 3.83. The number of fused-ring (bicyclic) bond motifs is 1. The van der Waals surface area contributed by atoms with Gasteiger partial charge in [-0.25, -0.2) is 18.7 Å². The van der Waals surface area contributed by atoms with Gasteiger partial charge in [0.2, 0.25) is 5.69 Å². The summed E-state index contributed by atoms with van der Waals surface area (Å²) in [5.74, 6) is -1.89. The van der Waals surface area contributed by atoms with Crippen LogP contribution >= 0.6 is 11.6 Å². The van der Waals surface area contributed by atoms with E-state index in [1.807, 2.05) is 0 Å². The van der Waals surface area contributed by atoms with Crippen LogP contribution in [0.4, 0.5) is 21.6 Å². The minimum atomic E-state index is -3.00. The number of nitrogens with two attached hydrogens (primary N) is 1. The first-order valence-electron chi connectivity index (χ1n) is 10.3. The molecule has 2 N–H and O–H groups in total. The number of carbonyl (C=O) groups excluding carboxylic acids is 1. The summed E-state index contributed by atoms with van der Waals surface area (Å²) in [6.07, 6.45) is 1.09. The lowest BCUT2D eigenvalue weighted by atomic mass is 10.0. The Balaban J connectivity index is 2.01. The number of morpholine rings is 1. The Hall–Kier alpha value is -3.22. The summed E-state index contributed by atoms with van der Waals surface area (Å²) in [5.41, 5.74) is 3.56. The Kier molecular flexibility index (Phi) is 3.40. The Labute approximate surface area is 176 Å². The monoisotopic (exact) mass is 418 g/mol. The lowest BCUT2D eigenvalue weighted by Crippen LogP contribution is -2.53. The summed E-state index contributed by atoms with van der Waals surface area (Å²) >= 11 is 6.10. The van der Waals surface area contributed by atoms with Crippen LogP contribution in [0.5, 0.6) is 0 Å². The molecule has 0 unspecified atom stereocenters. The molecule has 1 aliphatic heterocycles. The van der Waals surface area contributed by atoms with Crippen LogP contribution in [-0.4, -0.2) is 39.2 Å². The first kappa shape index (κ1) is 14.7. The molecule has 8 nitrogen and oxygen atoms in total. The van der Waals surface area contributed by atoms with Crippen LogP contribution in [0, 0.1) is 12.4 Å². The van der Waals surface area contributed by atoms with Crippen LogP contribution in [0.1, 0.15) is 19.3 Å². The van der Waals surface area contributed by atoms with Gasteiger partial charge in [-0.2, -0.15) is 5.10 Å². The maximum absolute atomic E-state index is 15.1. The van der Waals surface area contributed by atoms with Gasteiger partial charge in [0.15, 0.2) is 11.6 Å². The van der Waals surface area contributed by atoms with Crippen LogP contribution in [0.2, 0.25) is 5.02 Å². The number of aromatic nitrogens is 3. The van der Waals surface area contributed by atoms with Crippen LogP contribution in [0.15, 0.2) is 24.5 Å². The van der Waals surface area contributed by atoms with Gasteiger partial charge in [-0.1, -0.05) is 23.7 Å². The van der Waals surface area contributed by atoms with Gasteiger partial charge in [-0.3, -0.25) is 4.79 Å². The van der Waals surface area contributed by atoms with Crippen molar-refractivity contribution in [3.8, 4) is 11.3 Å². The Morgan fingerprint density at radius 1 is 1.48 bits per heavy atom. The molecule has 1 amide bonds. The zero-order valence-electron chi connectivity index (χ0n) is 19.2. The Bertz CT molecular complexity index is 1370. The van der Waals surface area contributed by atoms with Crippen LogP contribution in [0.25, 0.3) is 21.6 Å². The van der Waals surface area contributed by atoms with Crippen LogP contribution in [0.3, 0.4) is 0 Å². The fourth-order valence-electron chi connectivity index (χ4n) is 2.97. The minimum Gasteiger partial charge on any atom is -0.382 e. The fourth-order valence-corrected chi connectivity index (χ4v) is 3.23. The average Bonchev–Trinajstić information content (AvgIpc) is 2.97. The summed E-state index contributed by atoms with van der Waals surface area (Å²) in [5, 5.41) is 3.64. The summed E-state index contributed by atoms with van der Waals surface area (Å²) in [7, 11) is 0. The van der Waals surface area contributed by atoms with Crippen molar-refractivity contribution in [3.05, 3.63) is 46.8 Å². The molecule has 3 aromatic rings. The number of hydrogen-bond donors (Lipinski definition) is 1. The first-order chi connectivity index (χ1) is 15.2. The number of rotatable bonds is 2. The van der Waals surface area contributed by atoms with E-state index in [0.29, 0.717) is 4.90 Å². The largest absolute Gasteiger partial charge is 0.382 e. The fraction of sp³-hybridized carbons (Fsp3) is 0.263. The van der Waals surface area contributed by atoms with Crippen molar-refractivity contribution < 1.29 is 19.4 Å². The maximum Gasteiger partial charge on any atom is 0.257 e. The second-order valence-electron chi connectivity index (χ2n) is 6.66. The molecule has 0 radical (unpaired) electrons. The van der Waals surface area contributed by atoms with Gasteiger partial charge < -0.3 is 15.4 Å². The second kappa shape index (κ2) is 6.69. The number of ether oxygens (including phenoxy) is 1. The van der Waals surface area contributed by atoms with Crippen LogP contribution < -0.4 is 10.6 Å². The minimum absolute atomic E-state index is 0.0118. The van der Waals surface area contributed by atoms with Gasteiger partial charge in [0, 0.05) is 12.1 Å². The molecule has 0 atom stereocenters. The van der Waals surface area contributed by atoms with Gasteiger partial charge in [0.1, 0.15) is 28.2 Å². The van der Waals surface area contributed by atoms with Crippen molar-refractivity contribution in [2.24, 2.45) is 0 Å². The van der Waals surface area contributed by atoms with Crippen molar-refractivity contribution in [3.63, 3.8) is 0 Å². The van der Waals surface area contributed by atoms with Gasteiger partial charge >= 0.3 is 0 Å². The summed E-state index contributed by atoms with van der Waals surface area (Å²) < 4.78 is 54.1. The first-order valence-corrected chi connectivity index (χ1v) is 8.65. The standard InChI is InChI=1S/C19H16ClFN6O2/c1-19(2)18(28)26(6-7-29-19)12-8-10(4-5-11(12)23-3)15-14(21)13(20)16-17(22)24-9-25-27(15)16/h4-5,8-9H,6-7H2,1-2H3,(H2,22,24,25)/i6D2,7D2. The molecular formula is C19H16ClFN6O2. The maximum atomic E-state index is 15.1. The number of hydrogen-bond acceptors (Lipinski definition) is 5. The highest BCUT2D eigenvalue weighted by atomic mass is 35.5. The van der Waals surface area contributed by atoms with Crippen molar-refractivity contribution in [2.45, 2.75) is 19.4 Å². The van der Waals surface area contributed by atoms with E-state index < -0.39 is 30.4 Å². The molecule has 0 aliphatic carbocycles. The van der Waals surface area contributed by atoms with Gasteiger partial charge in [-0.05, 0) is 19.9 Å². The molecule has 1 fully saturated rings. The molecular weight excluding hydrogens is 399 g/mol. The van der Waals surface area contributed by atoms with E-state index in [-0.39, 0.29) is 39.0 Å². The van der Waals surface area contributed by atoms with E-state index in [9.17, 15) is 4.79 Å². The molecule has 2 aromatic heterocycles. The van der Waals surface area contributed by atoms with Gasteiger partial charge in [-0.15, -0.1) is 0 Å². The van der Waals surface area contributed by atoms with Crippen molar-refractivity contribution >= 4 is 40.2 Å². The highest BCUT2D eigenvalue weighted by molar-refractivity contribution is 6.35. The number of amides is 1. The molecule has 1 saturated heterocycles. The molecule has 0 bridgehead atoms. The predicted molar refractivity (Wildman–Crippen MR) is 106 cm³/mol. The van der Waals surface area contributed by atoms with E-state index in [0.717, 1.165) is 10.8 Å². The van der Waals surface area contributed by atoms with E-state index in [1.165, 1.54) is 32.0 Å². The van der Waals surface area contributed by atoms with Crippen molar-refractivity contribution in [1.29, 1.82) is 0 Å². The number of carbonyl (C=O) groups is 1. The zero-order valence-corrected chi connectivity index (χ0v) is 16.0. The van der Waals surface area contributed by atoms with Gasteiger partial charge in [0.25, 0.3) is 5.91 Å². The topological polar surface area (TPSA) is 90.1 Å². The lowest BCUT2D eigenvalue weighted by molar-refractivity contribution is -0.144.